The van der Waals surface area contributed by atoms with Gasteiger partial charge in [0, 0.05) is 6.61 Å². The molecule has 2 fully saturated rings. The molecule has 0 saturated heterocycles. The fraction of sp³-hybridized carbons (Fsp3) is 1.00. The van der Waals surface area contributed by atoms with Crippen LogP contribution in [0.15, 0.2) is 0 Å². The Kier molecular flexibility index (Phi) is 15.3. The molecular weight excluding hydrogens is 364 g/mol. The normalized spacial score (nSPS) is 27.4. The smallest absolute Gasteiger partial charge is 0.0575 e. The van der Waals surface area contributed by atoms with Crippen molar-refractivity contribution in [1.82, 2.24) is 0 Å². The van der Waals surface area contributed by atoms with Crippen LogP contribution in [-0.2, 0) is 4.74 Å². The maximum atomic E-state index is 6.25. The summed E-state index contributed by atoms with van der Waals surface area (Å²) in [5.41, 5.74) is 0. The Bertz CT molecular complexity index is 363. The minimum atomic E-state index is 0.588. The molecule has 0 radical (unpaired) electrons. The molecule has 0 heterocycles. The van der Waals surface area contributed by atoms with Gasteiger partial charge in [-0.15, -0.1) is 0 Å². The number of ether oxygens (including phenoxy) is 1. The summed E-state index contributed by atoms with van der Waals surface area (Å²) >= 11 is 0. The van der Waals surface area contributed by atoms with Crippen LogP contribution in [0.4, 0.5) is 0 Å². The minimum Gasteiger partial charge on any atom is -0.378 e. The average molecular weight is 421 g/mol. The van der Waals surface area contributed by atoms with E-state index in [2.05, 4.69) is 13.8 Å². The summed E-state index contributed by atoms with van der Waals surface area (Å²) in [6.07, 6.45) is 32.3. The molecule has 0 atom stereocenters. The molecule has 178 valence electrons. The number of rotatable bonds is 17. The molecule has 0 aromatic carbocycles. The van der Waals surface area contributed by atoms with Crippen LogP contribution in [0.25, 0.3) is 0 Å². The minimum absolute atomic E-state index is 0.588. The second-order valence-corrected chi connectivity index (χ2v) is 10.9. The predicted molar refractivity (Wildman–Crippen MR) is 133 cm³/mol. The highest BCUT2D eigenvalue weighted by atomic mass is 16.5. The van der Waals surface area contributed by atoms with Crippen LogP contribution in [0.1, 0.15) is 155 Å². The van der Waals surface area contributed by atoms with Gasteiger partial charge in [0.15, 0.2) is 0 Å². The predicted octanol–water partition coefficient (Wildman–Crippen LogP) is 9.87. The number of unbranched alkanes of at least 4 members (excludes halogenated alkanes) is 11. The molecule has 0 spiro atoms. The highest BCUT2D eigenvalue weighted by Crippen LogP contribution is 2.41. The summed E-state index contributed by atoms with van der Waals surface area (Å²) in [5.74, 6) is 3.14. The maximum Gasteiger partial charge on any atom is 0.0575 e. The molecule has 1 heteroatoms. The molecule has 30 heavy (non-hydrogen) atoms. The van der Waals surface area contributed by atoms with Crippen LogP contribution in [0, 0.1) is 17.8 Å². The van der Waals surface area contributed by atoms with Crippen molar-refractivity contribution in [3.8, 4) is 0 Å². The van der Waals surface area contributed by atoms with E-state index in [0.717, 1.165) is 24.4 Å². The van der Waals surface area contributed by atoms with Crippen LogP contribution >= 0.6 is 0 Å². The lowest BCUT2D eigenvalue weighted by molar-refractivity contribution is 0.00526. The lowest BCUT2D eigenvalue weighted by Crippen LogP contribution is -2.28. The van der Waals surface area contributed by atoms with Crippen LogP contribution < -0.4 is 0 Å². The van der Waals surface area contributed by atoms with Crippen molar-refractivity contribution in [2.75, 3.05) is 6.61 Å². The third kappa shape index (κ3) is 11.5. The molecule has 2 aliphatic rings. The molecule has 0 bridgehead atoms. The molecular formula is C29H56O. The first-order chi connectivity index (χ1) is 14.8. The highest BCUT2D eigenvalue weighted by molar-refractivity contribution is 4.82. The summed E-state index contributed by atoms with van der Waals surface area (Å²) in [5, 5.41) is 0. The molecule has 0 aromatic rings. The van der Waals surface area contributed by atoms with Gasteiger partial charge in [0.05, 0.1) is 6.10 Å². The molecule has 0 aliphatic heterocycles. The SMILES string of the molecule is CCCCCCCCCCO[C@H]1CC[C@H]([C@H]2CC[C@H](CCCCCCC)CC2)CC1. The fourth-order valence-electron chi connectivity index (χ4n) is 6.20. The molecule has 2 aliphatic carbocycles. The first kappa shape index (κ1) is 26.2. The van der Waals surface area contributed by atoms with E-state index in [1.807, 2.05) is 0 Å². The Morgan fingerprint density at radius 3 is 1.53 bits per heavy atom. The van der Waals surface area contributed by atoms with Crippen LogP contribution in [0.5, 0.6) is 0 Å². The van der Waals surface area contributed by atoms with Gasteiger partial charge in [-0.05, 0) is 62.7 Å². The largest absolute Gasteiger partial charge is 0.378 e. The zero-order chi connectivity index (χ0) is 21.3. The van der Waals surface area contributed by atoms with Gasteiger partial charge in [-0.3, -0.25) is 0 Å². The first-order valence-electron chi connectivity index (χ1n) is 14.4. The lowest BCUT2D eigenvalue weighted by Gasteiger charge is -2.38. The van der Waals surface area contributed by atoms with E-state index in [9.17, 15) is 0 Å². The molecule has 1 nitrogen and oxygen atoms in total. The van der Waals surface area contributed by atoms with Gasteiger partial charge in [0.2, 0.25) is 0 Å². The molecule has 0 aromatic heterocycles. The Labute approximate surface area is 190 Å². The third-order valence-electron chi connectivity index (χ3n) is 8.34. The van der Waals surface area contributed by atoms with E-state index >= 15 is 0 Å². The Morgan fingerprint density at radius 1 is 0.500 bits per heavy atom. The zero-order valence-corrected chi connectivity index (χ0v) is 21.0. The molecule has 0 amide bonds. The fourth-order valence-corrected chi connectivity index (χ4v) is 6.20. The van der Waals surface area contributed by atoms with Gasteiger partial charge in [-0.25, -0.2) is 0 Å². The first-order valence-corrected chi connectivity index (χ1v) is 14.4. The van der Waals surface area contributed by atoms with Crippen molar-refractivity contribution in [3.63, 3.8) is 0 Å². The van der Waals surface area contributed by atoms with Crippen LogP contribution in [0.2, 0.25) is 0 Å². The van der Waals surface area contributed by atoms with E-state index in [0.29, 0.717) is 6.10 Å². The van der Waals surface area contributed by atoms with E-state index < -0.39 is 0 Å². The molecule has 2 rings (SSSR count). The van der Waals surface area contributed by atoms with Gasteiger partial charge < -0.3 is 4.74 Å². The van der Waals surface area contributed by atoms with E-state index in [1.165, 1.54) is 141 Å². The van der Waals surface area contributed by atoms with Gasteiger partial charge in [-0.2, -0.15) is 0 Å². The summed E-state index contributed by atoms with van der Waals surface area (Å²) < 4.78 is 6.25. The zero-order valence-electron chi connectivity index (χ0n) is 21.0. The van der Waals surface area contributed by atoms with E-state index in [-0.39, 0.29) is 0 Å². The van der Waals surface area contributed by atoms with Crippen molar-refractivity contribution in [1.29, 1.82) is 0 Å². The Morgan fingerprint density at radius 2 is 0.967 bits per heavy atom. The molecule has 0 unspecified atom stereocenters. The van der Waals surface area contributed by atoms with E-state index in [4.69, 9.17) is 4.74 Å². The van der Waals surface area contributed by atoms with Crippen LogP contribution in [-0.4, -0.2) is 12.7 Å². The average Bonchev–Trinajstić information content (AvgIpc) is 2.79. The molecule has 2 saturated carbocycles. The summed E-state index contributed by atoms with van der Waals surface area (Å²) in [4.78, 5) is 0. The molecule has 0 N–H and O–H groups in total. The van der Waals surface area contributed by atoms with Crippen molar-refractivity contribution in [2.45, 2.75) is 161 Å². The van der Waals surface area contributed by atoms with Crippen LogP contribution in [0.3, 0.4) is 0 Å². The summed E-state index contributed by atoms with van der Waals surface area (Å²) in [7, 11) is 0. The lowest BCUT2D eigenvalue weighted by atomic mass is 9.70. The highest BCUT2D eigenvalue weighted by Gasteiger charge is 2.30. The van der Waals surface area contributed by atoms with Gasteiger partial charge in [-0.1, -0.05) is 110 Å². The second-order valence-electron chi connectivity index (χ2n) is 10.9. The topological polar surface area (TPSA) is 9.23 Å². The van der Waals surface area contributed by atoms with Gasteiger partial charge in [0.1, 0.15) is 0 Å². The monoisotopic (exact) mass is 420 g/mol. The van der Waals surface area contributed by atoms with Crippen molar-refractivity contribution in [3.05, 3.63) is 0 Å². The van der Waals surface area contributed by atoms with Gasteiger partial charge >= 0.3 is 0 Å². The quantitative estimate of drug-likeness (QED) is 0.213. The second kappa shape index (κ2) is 17.5. The van der Waals surface area contributed by atoms with Gasteiger partial charge in [0.25, 0.3) is 0 Å². The van der Waals surface area contributed by atoms with Crippen molar-refractivity contribution >= 4 is 0 Å². The number of hydrogen-bond acceptors (Lipinski definition) is 1. The summed E-state index contributed by atoms with van der Waals surface area (Å²) in [6, 6.07) is 0. The third-order valence-corrected chi connectivity index (χ3v) is 8.34. The van der Waals surface area contributed by atoms with Crippen molar-refractivity contribution < 1.29 is 4.74 Å². The summed E-state index contributed by atoms with van der Waals surface area (Å²) in [6.45, 7) is 5.64. The van der Waals surface area contributed by atoms with E-state index in [1.54, 1.807) is 0 Å². The van der Waals surface area contributed by atoms with Crippen molar-refractivity contribution in [2.24, 2.45) is 17.8 Å². The maximum absolute atomic E-state index is 6.25. The standard InChI is InChI=1S/C29H56O/c1-3-5-7-9-10-11-13-15-25-30-29-23-21-28(22-24-29)27-19-17-26(18-20-27)16-14-12-8-6-4-2/h26-29H,3-25H2,1-2H3/t26-,27-,28-,29-. The number of hydrogen-bond donors (Lipinski definition) is 0. The Hall–Kier alpha value is -0.0400. The Balaban J connectivity index is 1.43.